The van der Waals surface area contributed by atoms with E-state index in [1.807, 2.05) is 61.5 Å². The molecule has 0 radical (unpaired) electrons. The molecule has 5 rings (SSSR count). The summed E-state index contributed by atoms with van der Waals surface area (Å²) in [6.07, 6.45) is 2.62. The summed E-state index contributed by atoms with van der Waals surface area (Å²) >= 11 is 0. The number of aliphatic hydroxyl groups excluding tert-OH is 1. The van der Waals surface area contributed by atoms with Crippen LogP contribution in [0, 0.1) is 0 Å². The first-order valence-electron chi connectivity index (χ1n) is 13.8. The Balaban J connectivity index is 1.30. The maximum atomic E-state index is 13.6. The van der Waals surface area contributed by atoms with E-state index >= 15 is 0 Å². The van der Waals surface area contributed by atoms with Crippen LogP contribution in [0.2, 0.25) is 0 Å². The molecule has 1 aromatic heterocycles. The van der Waals surface area contributed by atoms with Crippen molar-refractivity contribution >= 4 is 34.2 Å². The second kappa shape index (κ2) is 12.8. The molecule has 1 fully saturated rings. The molecule has 1 aliphatic rings. The minimum atomic E-state index is -0.838. The normalized spacial score (nSPS) is 14.8. The zero-order chi connectivity index (χ0) is 27.9. The van der Waals surface area contributed by atoms with E-state index < -0.39 is 12.1 Å². The molecule has 9 heteroatoms. The first-order chi connectivity index (χ1) is 19.5. The molecule has 5 N–H and O–H groups in total. The molecule has 1 saturated heterocycles. The number of H-pyrrole nitrogens is 1. The van der Waals surface area contributed by atoms with E-state index in [1.165, 1.54) is 0 Å². The van der Waals surface area contributed by atoms with E-state index in [-0.39, 0.29) is 11.8 Å². The van der Waals surface area contributed by atoms with Crippen molar-refractivity contribution in [2.75, 3.05) is 29.9 Å². The number of anilines is 2. The van der Waals surface area contributed by atoms with E-state index in [0.29, 0.717) is 50.3 Å². The number of fused-ring (bicyclic) bond motifs is 1. The summed E-state index contributed by atoms with van der Waals surface area (Å²) in [5.74, 6) is -0.230. The van der Waals surface area contributed by atoms with Gasteiger partial charge in [-0.1, -0.05) is 36.4 Å². The van der Waals surface area contributed by atoms with Gasteiger partial charge >= 0.3 is 0 Å². The Labute approximate surface area is 234 Å². The first kappa shape index (κ1) is 27.4. The molecule has 2 atom stereocenters. The first-order valence-corrected chi connectivity index (χ1v) is 13.8. The largest absolute Gasteiger partial charge is 0.390 e. The monoisotopic (exact) mass is 540 g/mol. The Morgan fingerprint density at radius 2 is 1.95 bits per heavy atom. The molecule has 0 bridgehead atoms. The van der Waals surface area contributed by atoms with E-state index in [2.05, 4.69) is 25.9 Å². The number of imidazole rings is 1. The molecule has 4 aromatic rings. The number of hydrogen-bond acceptors (Lipinski definition) is 6. The summed E-state index contributed by atoms with van der Waals surface area (Å²) in [5.41, 5.74) is 5.87. The molecule has 0 aliphatic carbocycles. The number of hydrogen-bond donors (Lipinski definition) is 5. The number of aromatic amines is 1. The number of aliphatic hydroxyl groups is 1. The lowest BCUT2D eigenvalue weighted by molar-refractivity contribution is -0.117. The van der Waals surface area contributed by atoms with Crippen LogP contribution < -0.4 is 20.9 Å². The minimum absolute atomic E-state index is 0.0647. The molecule has 9 nitrogen and oxygen atoms in total. The number of carbonyl (C=O) groups is 2. The van der Waals surface area contributed by atoms with E-state index in [0.717, 1.165) is 34.3 Å². The van der Waals surface area contributed by atoms with Crippen molar-refractivity contribution in [1.29, 1.82) is 0 Å². The van der Waals surface area contributed by atoms with Gasteiger partial charge in [-0.05, 0) is 61.2 Å². The Hall–Kier alpha value is -4.21. The number of rotatable bonds is 12. The van der Waals surface area contributed by atoms with Crippen molar-refractivity contribution in [2.45, 2.75) is 44.9 Å². The Morgan fingerprint density at radius 1 is 1.10 bits per heavy atom. The summed E-state index contributed by atoms with van der Waals surface area (Å²) in [7, 11) is 0. The lowest BCUT2D eigenvalue weighted by atomic mass is 10.00. The second-order valence-corrected chi connectivity index (χ2v) is 10.2. The van der Waals surface area contributed by atoms with Gasteiger partial charge in [0.05, 0.1) is 29.5 Å². The standard InChI is InChI=1S/C31H36N6O3/c1-2-33-24-15-23(16-25(17-24)37-12-6-9-30(37)39)31(40)36-28(13-21-7-4-3-5-8-21)29(38)19-32-18-22-10-11-26-27(14-22)35-20-34-26/h3-5,7-8,10-11,14-17,20,28-29,32-33,38H,2,6,9,12-13,18-19H2,1H3,(H,34,35)(H,36,40)/t28-,29+/m0/s1. The number of carbonyl (C=O) groups excluding carboxylic acids is 2. The summed E-state index contributed by atoms with van der Waals surface area (Å²) < 4.78 is 0. The van der Waals surface area contributed by atoms with Crippen LogP contribution in [0.3, 0.4) is 0 Å². The van der Waals surface area contributed by atoms with Crippen molar-refractivity contribution < 1.29 is 14.7 Å². The van der Waals surface area contributed by atoms with Crippen LogP contribution in [-0.2, 0) is 17.8 Å². The van der Waals surface area contributed by atoms with E-state index in [9.17, 15) is 14.7 Å². The summed E-state index contributed by atoms with van der Waals surface area (Å²) in [5, 5.41) is 20.9. The topological polar surface area (TPSA) is 122 Å². The zero-order valence-electron chi connectivity index (χ0n) is 22.7. The van der Waals surface area contributed by atoms with Gasteiger partial charge in [0.1, 0.15) is 0 Å². The molecule has 0 saturated carbocycles. The predicted octanol–water partition coefficient (Wildman–Crippen LogP) is 3.61. The molecule has 2 heterocycles. The highest BCUT2D eigenvalue weighted by Gasteiger charge is 2.25. The number of aromatic nitrogens is 2. The lowest BCUT2D eigenvalue weighted by Gasteiger charge is -2.25. The van der Waals surface area contributed by atoms with Crippen molar-refractivity contribution in [3.05, 3.63) is 89.7 Å². The molecule has 1 aliphatic heterocycles. The average Bonchev–Trinajstić information content (AvgIpc) is 3.61. The second-order valence-electron chi connectivity index (χ2n) is 10.2. The van der Waals surface area contributed by atoms with Crippen LogP contribution in [0.5, 0.6) is 0 Å². The van der Waals surface area contributed by atoms with Gasteiger partial charge in [-0.15, -0.1) is 0 Å². The van der Waals surface area contributed by atoms with Gasteiger partial charge in [-0.2, -0.15) is 0 Å². The quantitative estimate of drug-likeness (QED) is 0.187. The fourth-order valence-corrected chi connectivity index (χ4v) is 5.12. The van der Waals surface area contributed by atoms with Crippen LogP contribution in [0.4, 0.5) is 11.4 Å². The number of nitrogens with one attached hydrogen (secondary N) is 4. The van der Waals surface area contributed by atoms with Crippen molar-refractivity contribution in [3.63, 3.8) is 0 Å². The van der Waals surface area contributed by atoms with Gasteiger partial charge in [-0.3, -0.25) is 9.59 Å². The van der Waals surface area contributed by atoms with Gasteiger partial charge in [-0.25, -0.2) is 4.98 Å². The summed E-state index contributed by atoms with van der Waals surface area (Å²) in [6.45, 7) is 4.17. The molecular weight excluding hydrogens is 504 g/mol. The van der Waals surface area contributed by atoms with E-state index in [1.54, 1.807) is 23.4 Å². The van der Waals surface area contributed by atoms with Crippen molar-refractivity contribution in [1.82, 2.24) is 20.6 Å². The van der Waals surface area contributed by atoms with Gasteiger partial charge in [0, 0.05) is 49.5 Å². The smallest absolute Gasteiger partial charge is 0.251 e. The van der Waals surface area contributed by atoms with Crippen LogP contribution in [0.15, 0.2) is 73.1 Å². The van der Waals surface area contributed by atoms with Gasteiger partial charge in [0.2, 0.25) is 5.91 Å². The highest BCUT2D eigenvalue weighted by molar-refractivity contribution is 6.00. The lowest BCUT2D eigenvalue weighted by Crippen LogP contribution is -2.48. The maximum Gasteiger partial charge on any atom is 0.251 e. The fraction of sp³-hybridized carbons (Fsp3) is 0.323. The highest BCUT2D eigenvalue weighted by Crippen LogP contribution is 2.27. The van der Waals surface area contributed by atoms with Gasteiger partial charge in [0.15, 0.2) is 0 Å². The SMILES string of the molecule is CCNc1cc(C(=O)N[C@@H](Cc2ccccc2)[C@H](O)CNCc2ccc3[nH]cnc3c2)cc(N2CCCC2=O)c1. The average molecular weight is 541 g/mol. The minimum Gasteiger partial charge on any atom is -0.390 e. The summed E-state index contributed by atoms with van der Waals surface area (Å²) in [6, 6.07) is 20.7. The van der Waals surface area contributed by atoms with Gasteiger partial charge < -0.3 is 30.9 Å². The Kier molecular flexibility index (Phi) is 8.73. The molecule has 0 unspecified atom stereocenters. The van der Waals surface area contributed by atoms with Crippen LogP contribution in [0.1, 0.15) is 41.3 Å². The zero-order valence-corrected chi connectivity index (χ0v) is 22.7. The highest BCUT2D eigenvalue weighted by atomic mass is 16.3. The molecule has 2 amide bonds. The Morgan fingerprint density at radius 3 is 2.73 bits per heavy atom. The predicted molar refractivity (Wildman–Crippen MR) is 157 cm³/mol. The number of benzene rings is 3. The number of nitrogens with zero attached hydrogens (tertiary/aromatic N) is 2. The number of amides is 2. The summed E-state index contributed by atoms with van der Waals surface area (Å²) in [4.78, 5) is 35.1. The molecule has 3 aromatic carbocycles. The van der Waals surface area contributed by atoms with E-state index in [4.69, 9.17) is 0 Å². The van der Waals surface area contributed by atoms with Crippen molar-refractivity contribution in [3.8, 4) is 0 Å². The van der Waals surface area contributed by atoms with Crippen LogP contribution in [0.25, 0.3) is 11.0 Å². The third kappa shape index (κ3) is 6.67. The van der Waals surface area contributed by atoms with Gasteiger partial charge in [0.25, 0.3) is 5.91 Å². The van der Waals surface area contributed by atoms with Crippen LogP contribution in [-0.4, -0.2) is 58.7 Å². The van der Waals surface area contributed by atoms with Crippen LogP contribution >= 0.6 is 0 Å². The maximum absolute atomic E-state index is 13.6. The fourth-order valence-electron chi connectivity index (χ4n) is 5.12. The molecule has 0 spiro atoms. The Bertz CT molecular complexity index is 1450. The molecular formula is C31H36N6O3. The molecule has 208 valence electrons. The molecule has 40 heavy (non-hydrogen) atoms. The third-order valence-electron chi connectivity index (χ3n) is 7.19. The third-order valence-corrected chi connectivity index (χ3v) is 7.19. The van der Waals surface area contributed by atoms with Crippen molar-refractivity contribution in [2.24, 2.45) is 0 Å².